The first-order chi connectivity index (χ1) is 9.39. The number of hydrogen-bond acceptors (Lipinski definition) is 3. The first-order valence-electron chi connectivity index (χ1n) is 7.09. The maximum absolute atomic E-state index is 11.8. The van der Waals surface area contributed by atoms with Crippen molar-refractivity contribution in [3.8, 4) is 5.75 Å². The van der Waals surface area contributed by atoms with Gasteiger partial charge in [-0.1, -0.05) is 19.4 Å². The molecule has 0 spiro atoms. The van der Waals surface area contributed by atoms with Gasteiger partial charge in [0.1, 0.15) is 5.75 Å². The van der Waals surface area contributed by atoms with Gasteiger partial charge in [0, 0.05) is 6.54 Å². The van der Waals surface area contributed by atoms with E-state index in [1.165, 1.54) is 0 Å². The van der Waals surface area contributed by atoms with E-state index < -0.39 is 10.0 Å². The Morgan fingerprint density at radius 1 is 1.15 bits per heavy atom. The average Bonchev–Trinajstić information content (AvgIpc) is 2.39. The fourth-order valence-electron chi connectivity index (χ4n) is 1.95. The van der Waals surface area contributed by atoms with E-state index in [-0.39, 0.29) is 5.75 Å². The number of aryl methyl sites for hydroxylation is 2. The largest absolute Gasteiger partial charge is 0.494 e. The molecule has 0 saturated carbocycles. The molecule has 0 saturated heterocycles. The van der Waals surface area contributed by atoms with Gasteiger partial charge in [-0.25, -0.2) is 13.1 Å². The summed E-state index contributed by atoms with van der Waals surface area (Å²) in [5.74, 6) is 1.06. The summed E-state index contributed by atoms with van der Waals surface area (Å²) < 4.78 is 31.8. The fourth-order valence-corrected chi connectivity index (χ4v) is 3.13. The van der Waals surface area contributed by atoms with E-state index in [9.17, 15) is 8.42 Å². The number of ether oxygens (including phenoxy) is 1. The minimum Gasteiger partial charge on any atom is -0.494 e. The van der Waals surface area contributed by atoms with Crippen molar-refractivity contribution in [2.45, 2.75) is 47.1 Å². The van der Waals surface area contributed by atoms with Gasteiger partial charge in [-0.3, -0.25) is 0 Å². The zero-order valence-electron chi connectivity index (χ0n) is 12.8. The highest BCUT2D eigenvalue weighted by Gasteiger charge is 2.11. The van der Waals surface area contributed by atoms with Gasteiger partial charge in [0.25, 0.3) is 0 Å². The maximum atomic E-state index is 11.8. The highest BCUT2D eigenvalue weighted by Crippen LogP contribution is 2.23. The molecule has 20 heavy (non-hydrogen) atoms. The Balaban J connectivity index is 2.76. The van der Waals surface area contributed by atoms with Crippen molar-refractivity contribution < 1.29 is 13.2 Å². The topological polar surface area (TPSA) is 55.4 Å². The number of nitrogens with one attached hydrogen (secondary N) is 1. The molecule has 114 valence electrons. The minimum atomic E-state index is -3.17. The quantitative estimate of drug-likeness (QED) is 0.803. The molecular formula is C15H25NO3S. The summed E-state index contributed by atoms with van der Waals surface area (Å²) >= 11 is 0. The monoisotopic (exact) mass is 299 g/mol. The van der Waals surface area contributed by atoms with Gasteiger partial charge < -0.3 is 4.74 Å². The third-order valence-corrected chi connectivity index (χ3v) is 4.59. The summed E-state index contributed by atoms with van der Waals surface area (Å²) in [6.07, 6.45) is 1.57. The highest BCUT2D eigenvalue weighted by molar-refractivity contribution is 7.89. The van der Waals surface area contributed by atoms with Crippen LogP contribution < -0.4 is 9.46 Å². The van der Waals surface area contributed by atoms with Crippen molar-refractivity contribution in [2.75, 3.05) is 12.4 Å². The molecule has 0 aromatic heterocycles. The Hall–Kier alpha value is -1.07. The van der Waals surface area contributed by atoms with E-state index in [2.05, 4.69) is 4.72 Å². The van der Waals surface area contributed by atoms with Gasteiger partial charge >= 0.3 is 0 Å². The van der Waals surface area contributed by atoms with E-state index in [4.69, 9.17) is 4.74 Å². The molecule has 0 heterocycles. The Bertz CT molecular complexity index is 538. The number of benzene rings is 1. The molecule has 1 rings (SSSR count). The Morgan fingerprint density at radius 3 is 2.45 bits per heavy atom. The van der Waals surface area contributed by atoms with Crippen LogP contribution in [-0.2, 0) is 16.6 Å². The van der Waals surface area contributed by atoms with Crippen LogP contribution in [0.5, 0.6) is 5.75 Å². The Kier molecular flexibility index (Phi) is 6.49. The average molecular weight is 299 g/mol. The lowest BCUT2D eigenvalue weighted by molar-refractivity contribution is 0.337. The third kappa shape index (κ3) is 5.13. The summed E-state index contributed by atoms with van der Waals surface area (Å²) in [6, 6.07) is 3.96. The molecule has 0 atom stereocenters. The van der Waals surface area contributed by atoms with E-state index in [0.29, 0.717) is 19.6 Å². The lowest BCUT2D eigenvalue weighted by Gasteiger charge is -2.13. The predicted molar refractivity (Wildman–Crippen MR) is 82.6 cm³/mol. The summed E-state index contributed by atoms with van der Waals surface area (Å²) in [7, 11) is -3.17. The molecule has 0 bridgehead atoms. The van der Waals surface area contributed by atoms with Gasteiger partial charge in [0.2, 0.25) is 10.0 Å². The van der Waals surface area contributed by atoms with Crippen LogP contribution in [0, 0.1) is 13.8 Å². The zero-order chi connectivity index (χ0) is 15.2. The third-order valence-electron chi connectivity index (χ3n) is 3.18. The molecule has 0 aliphatic carbocycles. The normalized spacial score (nSPS) is 11.6. The molecule has 0 radical (unpaired) electrons. The van der Waals surface area contributed by atoms with Gasteiger partial charge in [-0.15, -0.1) is 0 Å². The summed E-state index contributed by atoms with van der Waals surface area (Å²) in [5, 5.41) is 0. The van der Waals surface area contributed by atoms with E-state index in [1.54, 1.807) is 0 Å². The van der Waals surface area contributed by atoms with Crippen molar-refractivity contribution in [1.82, 2.24) is 4.72 Å². The number of hydrogen-bond donors (Lipinski definition) is 1. The fraction of sp³-hybridized carbons (Fsp3) is 0.600. The molecule has 0 unspecified atom stereocenters. The molecule has 5 heteroatoms. The molecule has 0 aliphatic heterocycles. The van der Waals surface area contributed by atoms with E-state index in [1.807, 2.05) is 39.8 Å². The zero-order valence-corrected chi connectivity index (χ0v) is 13.6. The second-order valence-corrected chi connectivity index (χ2v) is 6.90. The van der Waals surface area contributed by atoms with Crippen LogP contribution >= 0.6 is 0 Å². The number of unbranched alkanes of at least 4 members (excludes halogenated alkanes) is 1. The summed E-state index contributed by atoms with van der Waals surface area (Å²) in [4.78, 5) is 0. The van der Waals surface area contributed by atoms with Gasteiger partial charge in [-0.05, 0) is 49.9 Å². The van der Waals surface area contributed by atoms with Crippen LogP contribution in [0.4, 0.5) is 0 Å². The molecule has 0 amide bonds. The standard InChI is InChI=1S/C15H25NO3S/c1-5-7-8-20(17,18)16-11-14-9-13(4)15(19-6-2)10-12(14)3/h9-10,16H,5-8,11H2,1-4H3. The number of rotatable bonds is 8. The van der Waals surface area contributed by atoms with Crippen molar-refractivity contribution in [2.24, 2.45) is 0 Å². The molecule has 0 aliphatic rings. The van der Waals surface area contributed by atoms with Crippen LogP contribution in [0.3, 0.4) is 0 Å². The van der Waals surface area contributed by atoms with Crippen LogP contribution in [0.2, 0.25) is 0 Å². The van der Waals surface area contributed by atoms with E-state index in [0.717, 1.165) is 28.9 Å². The molecular weight excluding hydrogens is 274 g/mol. The molecule has 4 nitrogen and oxygen atoms in total. The smallest absolute Gasteiger partial charge is 0.211 e. The van der Waals surface area contributed by atoms with Crippen LogP contribution in [0.1, 0.15) is 43.4 Å². The minimum absolute atomic E-state index is 0.193. The Morgan fingerprint density at radius 2 is 1.85 bits per heavy atom. The van der Waals surface area contributed by atoms with E-state index >= 15 is 0 Å². The van der Waals surface area contributed by atoms with Crippen LogP contribution in [0.25, 0.3) is 0 Å². The molecule has 1 aromatic rings. The van der Waals surface area contributed by atoms with Crippen molar-refractivity contribution >= 4 is 10.0 Å². The first-order valence-corrected chi connectivity index (χ1v) is 8.75. The summed E-state index contributed by atoms with van der Waals surface area (Å²) in [5.41, 5.74) is 3.06. The lowest BCUT2D eigenvalue weighted by atomic mass is 10.0. The van der Waals surface area contributed by atoms with Crippen LogP contribution in [0.15, 0.2) is 12.1 Å². The maximum Gasteiger partial charge on any atom is 0.211 e. The van der Waals surface area contributed by atoms with Gasteiger partial charge in [0.15, 0.2) is 0 Å². The lowest BCUT2D eigenvalue weighted by Crippen LogP contribution is -2.26. The SMILES string of the molecule is CCCCS(=O)(=O)NCc1cc(C)c(OCC)cc1C. The Labute approximate surface area is 122 Å². The molecule has 1 aromatic carbocycles. The van der Waals surface area contributed by atoms with Gasteiger partial charge in [-0.2, -0.15) is 0 Å². The van der Waals surface area contributed by atoms with Gasteiger partial charge in [0.05, 0.1) is 12.4 Å². The van der Waals surface area contributed by atoms with Crippen molar-refractivity contribution in [3.05, 3.63) is 28.8 Å². The van der Waals surface area contributed by atoms with Crippen molar-refractivity contribution in [3.63, 3.8) is 0 Å². The second kappa shape index (κ2) is 7.64. The molecule has 0 fully saturated rings. The summed E-state index contributed by atoms with van der Waals surface area (Å²) in [6.45, 7) is 8.84. The second-order valence-electron chi connectivity index (χ2n) is 4.97. The number of sulfonamides is 1. The molecule has 1 N–H and O–H groups in total. The first kappa shape index (κ1) is 17.0. The predicted octanol–water partition coefficient (Wildman–Crippen LogP) is 2.92. The van der Waals surface area contributed by atoms with Crippen LogP contribution in [-0.4, -0.2) is 20.8 Å². The van der Waals surface area contributed by atoms with Crippen molar-refractivity contribution in [1.29, 1.82) is 0 Å². The highest BCUT2D eigenvalue weighted by atomic mass is 32.2.